The maximum Gasteiger partial charge on any atom is 0.361 e. The van der Waals surface area contributed by atoms with Gasteiger partial charge >= 0.3 is 8.56 Å². The van der Waals surface area contributed by atoms with E-state index in [0.717, 1.165) is 26.1 Å². The third-order valence-electron chi connectivity index (χ3n) is 7.39. The summed E-state index contributed by atoms with van der Waals surface area (Å²) in [6.07, 6.45) is 34.6. The van der Waals surface area contributed by atoms with E-state index in [1.54, 1.807) is 0 Å². The molecule has 0 fully saturated rings. The summed E-state index contributed by atoms with van der Waals surface area (Å²) in [7, 11) is -2.16. The summed E-state index contributed by atoms with van der Waals surface area (Å²) in [6.45, 7) is 12.4. The number of rotatable bonds is 30. The Labute approximate surface area is 223 Å². The predicted molar refractivity (Wildman–Crippen MR) is 160 cm³/mol. The van der Waals surface area contributed by atoms with Gasteiger partial charge in [-0.05, 0) is 25.1 Å². The quantitative estimate of drug-likeness (QED) is 0.0706. The minimum Gasteiger partial charge on any atom is -0.391 e. The number of hydrogen-bond acceptors (Lipinski definition) is 2. The van der Waals surface area contributed by atoms with Gasteiger partial charge in [0, 0.05) is 13.2 Å². The number of unbranched alkanes of at least 4 members (excludes halogenated alkanes) is 23. The molecule has 1 atom stereocenters. The van der Waals surface area contributed by atoms with E-state index in [-0.39, 0.29) is 0 Å². The van der Waals surface area contributed by atoms with Crippen molar-refractivity contribution in [2.24, 2.45) is 0 Å². The normalized spacial score (nSPS) is 13.2. The zero-order valence-electron chi connectivity index (χ0n) is 24.7. The van der Waals surface area contributed by atoms with Crippen LogP contribution in [0.3, 0.4) is 0 Å². The highest BCUT2D eigenvalue weighted by Crippen LogP contribution is 2.15. The maximum absolute atomic E-state index is 6.18. The van der Waals surface area contributed by atoms with Crippen LogP contribution in [-0.4, -0.2) is 21.8 Å². The highest BCUT2D eigenvalue weighted by atomic mass is 28.4. The van der Waals surface area contributed by atoms with Crippen molar-refractivity contribution in [2.45, 2.75) is 181 Å². The molecule has 0 heterocycles. The van der Waals surface area contributed by atoms with Gasteiger partial charge < -0.3 is 8.85 Å². The molecule has 0 amide bonds. The van der Waals surface area contributed by atoms with Crippen LogP contribution in [0.5, 0.6) is 0 Å². The zero-order chi connectivity index (χ0) is 25.7. The Morgan fingerprint density at radius 2 is 0.657 bits per heavy atom. The fourth-order valence-electron chi connectivity index (χ4n) is 4.77. The van der Waals surface area contributed by atoms with Gasteiger partial charge in [-0.25, -0.2) is 0 Å². The largest absolute Gasteiger partial charge is 0.391 e. The molecule has 0 aromatic carbocycles. The van der Waals surface area contributed by atoms with Crippen molar-refractivity contribution in [3.63, 3.8) is 0 Å². The van der Waals surface area contributed by atoms with Crippen molar-refractivity contribution in [3.05, 3.63) is 12.3 Å². The zero-order valence-corrected chi connectivity index (χ0v) is 25.7. The molecule has 0 saturated carbocycles. The molecule has 1 unspecified atom stereocenters. The van der Waals surface area contributed by atoms with Gasteiger partial charge in [0.1, 0.15) is 0 Å². The first kappa shape index (κ1) is 34.9. The second-order valence-electron chi connectivity index (χ2n) is 11.0. The average Bonchev–Trinajstić information content (AvgIpc) is 2.87. The lowest BCUT2D eigenvalue weighted by molar-refractivity contribution is 0.177. The Balaban J connectivity index is 3.40. The van der Waals surface area contributed by atoms with Crippen LogP contribution in [0.2, 0.25) is 6.55 Å². The van der Waals surface area contributed by atoms with Gasteiger partial charge in [-0.3, -0.25) is 0 Å². The van der Waals surface area contributed by atoms with Crippen LogP contribution in [0.15, 0.2) is 12.3 Å². The van der Waals surface area contributed by atoms with Crippen LogP contribution in [0.1, 0.15) is 174 Å². The van der Waals surface area contributed by atoms with Crippen molar-refractivity contribution in [3.8, 4) is 0 Å². The molecular formula is C32H66O2Si. The molecule has 0 rings (SSSR count). The third kappa shape index (κ3) is 26.7. The summed E-state index contributed by atoms with van der Waals surface area (Å²) in [5.74, 6) is 0. The Morgan fingerprint density at radius 3 is 0.886 bits per heavy atom. The van der Waals surface area contributed by atoms with E-state index >= 15 is 0 Å². The van der Waals surface area contributed by atoms with Crippen LogP contribution < -0.4 is 0 Å². The SMILES string of the molecule is C=C[Si](C)(OCCCCCCCCCCCC)OCCCCCCCCCCCCCCCCC. The van der Waals surface area contributed by atoms with Gasteiger partial charge in [0.05, 0.1) is 0 Å². The second-order valence-corrected chi connectivity index (χ2v) is 14.1. The Hall–Kier alpha value is -0.123. The average molecular weight is 511 g/mol. The first-order valence-corrected chi connectivity index (χ1v) is 18.5. The standard InChI is InChI=1S/C32H66O2Si/c1-5-8-10-12-14-16-18-19-20-21-22-24-26-28-30-32-34-35(4,7-3)33-31-29-27-25-23-17-15-13-11-9-6-2/h7H,3,5-6,8-32H2,1-2,4H3. The molecule has 0 bridgehead atoms. The minimum atomic E-state index is -2.16. The summed E-state index contributed by atoms with van der Waals surface area (Å²) < 4.78 is 12.4. The van der Waals surface area contributed by atoms with Crippen molar-refractivity contribution < 1.29 is 8.85 Å². The van der Waals surface area contributed by atoms with Gasteiger partial charge in [0.25, 0.3) is 0 Å². The fourth-order valence-corrected chi connectivity index (χ4v) is 6.19. The van der Waals surface area contributed by atoms with Crippen molar-refractivity contribution in [1.29, 1.82) is 0 Å². The van der Waals surface area contributed by atoms with Crippen LogP contribution >= 0.6 is 0 Å². The highest BCUT2D eigenvalue weighted by molar-refractivity contribution is 6.71. The summed E-state index contributed by atoms with van der Waals surface area (Å²) >= 11 is 0. The van der Waals surface area contributed by atoms with Crippen LogP contribution in [0, 0.1) is 0 Å². The molecule has 0 N–H and O–H groups in total. The lowest BCUT2D eigenvalue weighted by Crippen LogP contribution is -2.37. The summed E-state index contributed by atoms with van der Waals surface area (Å²) in [4.78, 5) is 0. The molecule has 2 nitrogen and oxygen atoms in total. The molecule has 0 radical (unpaired) electrons. The molecule has 0 aliphatic heterocycles. The van der Waals surface area contributed by atoms with Crippen molar-refractivity contribution in [2.75, 3.05) is 13.2 Å². The molecule has 210 valence electrons. The molecule has 3 heteroatoms. The Kier molecular flexibility index (Phi) is 28.3. The smallest absolute Gasteiger partial charge is 0.361 e. The lowest BCUT2D eigenvalue weighted by atomic mass is 10.0. The van der Waals surface area contributed by atoms with Gasteiger partial charge in [-0.2, -0.15) is 0 Å². The first-order valence-electron chi connectivity index (χ1n) is 16.1. The van der Waals surface area contributed by atoms with Crippen LogP contribution in [0.4, 0.5) is 0 Å². The van der Waals surface area contributed by atoms with Crippen molar-refractivity contribution in [1.82, 2.24) is 0 Å². The van der Waals surface area contributed by atoms with E-state index in [2.05, 4.69) is 27.0 Å². The van der Waals surface area contributed by atoms with Gasteiger partial charge in [0.2, 0.25) is 0 Å². The number of hydrogen-bond donors (Lipinski definition) is 0. The monoisotopic (exact) mass is 510 g/mol. The molecule has 0 aliphatic carbocycles. The lowest BCUT2D eigenvalue weighted by Gasteiger charge is -2.23. The third-order valence-corrected chi connectivity index (χ3v) is 9.69. The van der Waals surface area contributed by atoms with E-state index in [9.17, 15) is 0 Å². The van der Waals surface area contributed by atoms with E-state index in [1.165, 1.54) is 148 Å². The Bertz CT molecular complexity index is 414. The Morgan fingerprint density at radius 1 is 0.429 bits per heavy atom. The second kappa shape index (κ2) is 28.4. The van der Waals surface area contributed by atoms with Crippen molar-refractivity contribution >= 4 is 8.56 Å². The van der Waals surface area contributed by atoms with E-state index in [4.69, 9.17) is 8.85 Å². The van der Waals surface area contributed by atoms with E-state index < -0.39 is 8.56 Å². The summed E-state index contributed by atoms with van der Waals surface area (Å²) in [5, 5.41) is 0. The molecule has 0 spiro atoms. The van der Waals surface area contributed by atoms with Gasteiger partial charge in [-0.1, -0.05) is 162 Å². The van der Waals surface area contributed by atoms with E-state index in [1.807, 2.05) is 5.70 Å². The minimum absolute atomic E-state index is 0.837. The summed E-state index contributed by atoms with van der Waals surface area (Å²) in [5.41, 5.74) is 1.97. The predicted octanol–water partition coefficient (Wildman–Crippen LogP) is 11.6. The first-order chi connectivity index (χ1) is 17.2. The summed E-state index contributed by atoms with van der Waals surface area (Å²) in [6, 6.07) is 0. The highest BCUT2D eigenvalue weighted by Gasteiger charge is 2.26. The molecule has 0 aromatic rings. The van der Waals surface area contributed by atoms with Gasteiger partial charge in [0.15, 0.2) is 0 Å². The molecule has 35 heavy (non-hydrogen) atoms. The molecule has 0 aliphatic rings. The maximum atomic E-state index is 6.18. The fraction of sp³-hybridized carbons (Fsp3) is 0.938. The van der Waals surface area contributed by atoms with Crippen LogP contribution in [0.25, 0.3) is 0 Å². The van der Waals surface area contributed by atoms with Crippen LogP contribution in [-0.2, 0) is 8.85 Å². The molecular weight excluding hydrogens is 444 g/mol. The van der Waals surface area contributed by atoms with E-state index in [0.29, 0.717) is 0 Å². The molecule has 0 saturated heterocycles. The molecule has 0 aromatic heterocycles. The topological polar surface area (TPSA) is 18.5 Å². The van der Waals surface area contributed by atoms with Gasteiger partial charge in [-0.15, -0.1) is 6.58 Å².